The highest BCUT2D eigenvalue weighted by atomic mass is 35.5. The lowest BCUT2D eigenvalue weighted by Gasteiger charge is -2.18. The fraction of sp³-hybridized carbons (Fsp3) is 0.278. The first-order valence-electron chi connectivity index (χ1n) is 7.45. The molecule has 0 heterocycles. The Balaban J connectivity index is 2.09. The first-order valence-corrected chi connectivity index (χ1v) is 7.82. The van der Waals surface area contributed by atoms with Crippen molar-refractivity contribution in [2.45, 2.75) is 32.8 Å². The number of ether oxygens (including phenoxy) is 1. The number of carbonyl (C=O) groups excluding carboxylic acids is 1. The summed E-state index contributed by atoms with van der Waals surface area (Å²) in [5.41, 5.74) is 1.94. The average Bonchev–Trinajstić information content (AvgIpc) is 2.53. The molecule has 0 unspecified atom stereocenters. The maximum Gasteiger partial charge on any atom is 0.265 e. The summed E-state index contributed by atoms with van der Waals surface area (Å²) in [6.07, 6.45) is 0.887. The molecule has 0 aliphatic rings. The van der Waals surface area contributed by atoms with Crippen molar-refractivity contribution in [2.75, 3.05) is 5.32 Å². The van der Waals surface area contributed by atoms with Gasteiger partial charge in [0.15, 0.2) is 6.10 Å². The van der Waals surface area contributed by atoms with E-state index in [9.17, 15) is 4.79 Å². The van der Waals surface area contributed by atoms with Crippen molar-refractivity contribution >= 4 is 23.2 Å². The Labute approximate surface area is 136 Å². The Hall–Kier alpha value is -2.00. The first-order chi connectivity index (χ1) is 10.6. The lowest BCUT2D eigenvalue weighted by Crippen LogP contribution is -2.32. The van der Waals surface area contributed by atoms with Gasteiger partial charge in [-0.25, -0.2) is 0 Å². The molecule has 0 aliphatic carbocycles. The van der Waals surface area contributed by atoms with Gasteiger partial charge in [0, 0.05) is 10.7 Å². The third kappa shape index (κ3) is 4.25. The molecule has 0 spiro atoms. The van der Waals surface area contributed by atoms with Crippen molar-refractivity contribution in [1.82, 2.24) is 0 Å². The number of nitrogens with one attached hydrogen (secondary N) is 1. The first kappa shape index (κ1) is 16.4. The van der Waals surface area contributed by atoms with Gasteiger partial charge < -0.3 is 10.1 Å². The number of halogens is 1. The highest BCUT2D eigenvalue weighted by molar-refractivity contribution is 6.30. The second-order valence-corrected chi connectivity index (χ2v) is 5.41. The van der Waals surface area contributed by atoms with Crippen molar-refractivity contribution in [3.8, 4) is 5.75 Å². The van der Waals surface area contributed by atoms with Gasteiger partial charge in [0.2, 0.25) is 0 Å². The number of carbonyl (C=O) groups is 1. The summed E-state index contributed by atoms with van der Waals surface area (Å²) >= 11 is 5.94. The van der Waals surface area contributed by atoms with Crippen LogP contribution in [0.2, 0.25) is 5.02 Å². The predicted octanol–water partition coefficient (Wildman–Crippen LogP) is 4.70. The van der Waals surface area contributed by atoms with Crippen LogP contribution < -0.4 is 10.1 Å². The van der Waals surface area contributed by atoms with Crippen LogP contribution in [0.3, 0.4) is 0 Å². The smallest absolute Gasteiger partial charge is 0.265 e. The van der Waals surface area contributed by atoms with Crippen LogP contribution in [0.25, 0.3) is 0 Å². The summed E-state index contributed by atoms with van der Waals surface area (Å²) in [6.45, 7) is 3.98. The van der Waals surface area contributed by atoms with E-state index in [1.807, 2.05) is 31.2 Å². The van der Waals surface area contributed by atoms with Gasteiger partial charge >= 0.3 is 0 Å². The molecule has 0 radical (unpaired) electrons. The summed E-state index contributed by atoms with van der Waals surface area (Å²) in [7, 11) is 0. The minimum atomic E-state index is -0.552. The van der Waals surface area contributed by atoms with Gasteiger partial charge in [0.25, 0.3) is 5.91 Å². The summed E-state index contributed by atoms with van der Waals surface area (Å²) in [6, 6.07) is 14.9. The molecule has 1 amide bonds. The van der Waals surface area contributed by atoms with E-state index in [1.165, 1.54) is 0 Å². The lowest BCUT2D eigenvalue weighted by molar-refractivity contribution is -0.122. The van der Waals surface area contributed by atoms with Gasteiger partial charge in [-0.1, -0.05) is 49.7 Å². The molecule has 0 aliphatic heterocycles. The second kappa shape index (κ2) is 7.85. The molecule has 0 aromatic heterocycles. The molecule has 3 nitrogen and oxygen atoms in total. The van der Waals surface area contributed by atoms with Crippen LogP contribution in [0.5, 0.6) is 5.75 Å². The zero-order valence-corrected chi connectivity index (χ0v) is 13.6. The zero-order chi connectivity index (χ0) is 15.9. The standard InChI is InChI=1S/C18H20ClNO2/c1-3-13-8-5-6-11-16(13)20-18(21)17(4-2)22-15-10-7-9-14(19)12-15/h5-12,17H,3-4H2,1-2H3,(H,20,21)/t17-/m0/s1. The number of amides is 1. The van der Waals surface area contributed by atoms with E-state index in [1.54, 1.807) is 24.3 Å². The average molecular weight is 318 g/mol. The van der Waals surface area contributed by atoms with E-state index in [0.29, 0.717) is 17.2 Å². The number of anilines is 1. The molecule has 0 saturated heterocycles. The number of rotatable bonds is 6. The topological polar surface area (TPSA) is 38.3 Å². The third-order valence-electron chi connectivity index (χ3n) is 3.39. The van der Waals surface area contributed by atoms with Crippen molar-refractivity contribution in [2.24, 2.45) is 0 Å². The molecule has 1 atom stereocenters. The highest BCUT2D eigenvalue weighted by Crippen LogP contribution is 2.21. The predicted molar refractivity (Wildman–Crippen MR) is 90.6 cm³/mol. The largest absolute Gasteiger partial charge is 0.481 e. The van der Waals surface area contributed by atoms with Crippen LogP contribution in [-0.4, -0.2) is 12.0 Å². The van der Waals surface area contributed by atoms with Crippen molar-refractivity contribution in [3.63, 3.8) is 0 Å². The van der Waals surface area contributed by atoms with Gasteiger partial charge in [0.05, 0.1) is 0 Å². The molecule has 0 saturated carbocycles. The van der Waals surface area contributed by atoms with E-state index < -0.39 is 6.10 Å². The van der Waals surface area contributed by atoms with Crippen LogP contribution >= 0.6 is 11.6 Å². The molecular weight excluding hydrogens is 298 g/mol. The third-order valence-corrected chi connectivity index (χ3v) is 3.63. The molecule has 1 N–H and O–H groups in total. The number of benzene rings is 2. The van der Waals surface area contributed by atoms with Gasteiger partial charge in [0.1, 0.15) is 5.75 Å². The summed E-state index contributed by atoms with van der Waals surface area (Å²) < 4.78 is 5.76. The Morgan fingerprint density at radius 1 is 1.18 bits per heavy atom. The van der Waals surface area contributed by atoms with E-state index in [4.69, 9.17) is 16.3 Å². The number of hydrogen-bond acceptors (Lipinski definition) is 2. The maximum absolute atomic E-state index is 12.4. The van der Waals surface area contributed by atoms with Gasteiger partial charge in [-0.05, 0) is 42.7 Å². The van der Waals surface area contributed by atoms with Crippen LogP contribution in [-0.2, 0) is 11.2 Å². The van der Waals surface area contributed by atoms with E-state index in [2.05, 4.69) is 12.2 Å². The minimum absolute atomic E-state index is 0.150. The van der Waals surface area contributed by atoms with Gasteiger partial charge in [-0.3, -0.25) is 4.79 Å². The normalized spacial score (nSPS) is 11.8. The van der Waals surface area contributed by atoms with Gasteiger partial charge in [-0.2, -0.15) is 0 Å². The van der Waals surface area contributed by atoms with E-state index in [-0.39, 0.29) is 5.91 Å². The molecule has 0 bridgehead atoms. The minimum Gasteiger partial charge on any atom is -0.481 e. The molecule has 22 heavy (non-hydrogen) atoms. The van der Waals surface area contributed by atoms with Gasteiger partial charge in [-0.15, -0.1) is 0 Å². The van der Waals surface area contributed by atoms with Crippen molar-refractivity contribution in [1.29, 1.82) is 0 Å². The Kier molecular flexibility index (Phi) is 5.84. The molecule has 4 heteroatoms. The number of para-hydroxylation sites is 1. The Morgan fingerprint density at radius 3 is 2.64 bits per heavy atom. The summed E-state index contributed by atoms with van der Waals surface area (Å²) in [5.74, 6) is 0.446. The quantitative estimate of drug-likeness (QED) is 0.838. The van der Waals surface area contributed by atoms with E-state index >= 15 is 0 Å². The molecule has 2 aromatic carbocycles. The second-order valence-electron chi connectivity index (χ2n) is 4.97. The molecule has 116 valence electrons. The SMILES string of the molecule is CCc1ccccc1NC(=O)[C@H](CC)Oc1cccc(Cl)c1. The Bertz CT molecular complexity index is 642. The van der Waals surface area contributed by atoms with Crippen molar-refractivity contribution in [3.05, 3.63) is 59.1 Å². The summed E-state index contributed by atoms with van der Waals surface area (Å²) in [4.78, 5) is 12.4. The van der Waals surface area contributed by atoms with E-state index in [0.717, 1.165) is 17.7 Å². The fourth-order valence-corrected chi connectivity index (χ4v) is 2.37. The monoisotopic (exact) mass is 317 g/mol. The molecule has 0 fully saturated rings. The molecule has 2 rings (SSSR count). The number of aryl methyl sites for hydroxylation is 1. The van der Waals surface area contributed by atoms with Crippen molar-refractivity contribution < 1.29 is 9.53 Å². The number of hydrogen-bond donors (Lipinski definition) is 1. The van der Waals surface area contributed by atoms with Crippen LogP contribution in [0.4, 0.5) is 5.69 Å². The lowest BCUT2D eigenvalue weighted by atomic mass is 10.1. The zero-order valence-electron chi connectivity index (χ0n) is 12.8. The fourth-order valence-electron chi connectivity index (χ4n) is 2.19. The Morgan fingerprint density at radius 2 is 1.95 bits per heavy atom. The maximum atomic E-state index is 12.4. The van der Waals surface area contributed by atoms with Crippen LogP contribution in [0, 0.1) is 0 Å². The highest BCUT2D eigenvalue weighted by Gasteiger charge is 2.19. The molecule has 2 aromatic rings. The molecular formula is C18H20ClNO2. The summed E-state index contributed by atoms with van der Waals surface area (Å²) in [5, 5.41) is 3.54. The van der Waals surface area contributed by atoms with Crippen LogP contribution in [0.1, 0.15) is 25.8 Å². The van der Waals surface area contributed by atoms with Crippen LogP contribution in [0.15, 0.2) is 48.5 Å².